The summed E-state index contributed by atoms with van der Waals surface area (Å²) in [5.41, 5.74) is 0.449. The van der Waals surface area contributed by atoms with E-state index in [1.807, 2.05) is 6.07 Å². The zero-order valence-electron chi connectivity index (χ0n) is 11.8. The molecule has 0 saturated heterocycles. The van der Waals surface area contributed by atoms with Crippen molar-refractivity contribution >= 4 is 5.91 Å². The van der Waals surface area contributed by atoms with Crippen molar-refractivity contribution in [2.45, 2.75) is 26.2 Å². The van der Waals surface area contributed by atoms with Crippen molar-refractivity contribution in [3.63, 3.8) is 0 Å². The van der Waals surface area contributed by atoms with Gasteiger partial charge in [0.05, 0.1) is 5.56 Å². The minimum Gasteiger partial charge on any atom is -0.482 e. The van der Waals surface area contributed by atoms with Gasteiger partial charge in [-0.25, -0.2) is 0 Å². The van der Waals surface area contributed by atoms with E-state index < -0.39 is 0 Å². The van der Waals surface area contributed by atoms with Crippen molar-refractivity contribution in [2.75, 3.05) is 13.2 Å². The van der Waals surface area contributed by atoms with Crippen LogP contribution in [0.3, 0.4) is 0 Å². The van der Waals surface area contributed by atoms with Gasteiger partial charge in [0.25, 0.3) is 5.91 Å². The van der Waals surface area contributed by atoms with Crippen molar-refractivity contribution in [3.05, 3.63) is 29.8 Å². The molecule has 0 radical (unpaired) electrons. The van der Waals surface area contributed by atoms with Gasteiger partial charge in [-0.3, -0.25) is 4.79 Å². The highest BCUT2D eigenvalue weighted by Crippen LogP contribution is 2.30. The smallest absolute Gasteiger partial charge is 0.257 e. The number of para-hydroxylation sites is 1. The van der Waals surface area contributed by atoms with Crippen LogP contribution in [-0.4, -0.2) is 19.1 Å². The number of carbonyl (C=O) groups excluding carboxylic acids is 1. The van der Waals surface area contributed by atoms with Crippen molar-refractivity contribution in [2.24, 2.45) is 11.8 Å². The summed E-state index contributed by atoms with van der Waals surface area (Å²) in [4.78, 5) is 11.8. The summed E-state index contributed by atoms with van der Waals surface area (Å²) in [6.07, 6.45) is 3.71. The Kier molecular flexibility index (Phi) is 5.00. The van der Waals surface area contributed by atoms with E-state index in [2.05, 4.69) is 12.2 Å². The molecule has 1 saturated carbocycles. The molecule has 106 valence electrons. The summed E-state index contributed by atoms with van der Waals surface area (Å²) in [6, 6.07) is 8.98. The molecule has 2 rings (SSSR count). The molecule has 1 aromatic rings. The number of nitrogens with one attached hydrogen (secondary N) is 1. The van der Waals surface area contributed by atoms with Gasteiger partial charge in [0, 0.05) is 6.54 Å². The maximum absolute atomic E-state index is 11.8. The molecule has 1 aliphatic rings. The maximum atomic E-state index is 11.8. The van der Waals surface area contributed by atoms with E-state index in [1.54, 1.807) is 24.3 Å². The van der Waals surface area contributed by atoms with Crippen LogP contribution in [0.5, 0.6) is 5.75 Å². The lowest BCUT2D eigenvalue weighted by atomic mass is 9.98. The third-order valence-corrected chi connectivity index (χ3v) is 3.97. The molecular formula is C16H20N2O2. The summed E-state index contributed by atoms with van der Waals surface area (Å²) in [5.74, 6) is 1.61. The molecule has 0 heterocycles. The lowest BCUT2D eigenvalue weighted by Crippen LogP contribution is -2.33. The van der Waals surface area contributed by atoms with Crippen LogP contribution in [0.15, 0.2) is 24.3 Å². The van der Waals surface area contributed by atoms with Gasteiger partial charge in [-0.2, -0.15) is 5.26 Å². The number of ether oxygens (including phenoxy) is 1. The molecule has 1 fully saturated rings. The van der Waals surface area contributed by atoms with Gasteiger partial charge >= 0.3 is 0 Å². The standard InChI is InChI=1S/C16H20N2O2/c1-12-5-4-7-14(12)10-18-16(19)11-20-15-8-3-2-6-13(15)9-17/h2-3,6,8,12,14H,4-5,7,10-11H2,1H3,(H,18,19). The second-order valence-electron chi connectivity index (χ2n) is 5.37. The molecule has 0 aliphatic heterocycles. The van der Waals surface area contributed by atoms with Crippen LogP contribution in [0, 0.1) is 23.2 Å². The third kappa shape index (κ3) is 3.74. The average molecular weight is 272 g/mol. The Hall–Kier alpha value is -2.02. The molecule has 4 nitrogen and oxygen atoms in total. The first-order chi connectivity index (χ1) is 9.70. The molecular weight excluding hydrogens is 252 g/mol. The Bertz CT molecular complexity index is 507. The quantitative estimate of drug-likeness (QED) is 0.895. The number of hydrogen-bond donors (Lipinski definition) is 1. The van der Waals surface area contributed by atoms with Crippen LogP contribution in [0.2, 0.25) is 0 Å². The summed E-state index contributed by atoms with van der Waals surface area (Å²) < 4.78 is 5.40. The highest BCUT2D eigenvalue weighted by molar-refractivity contribution is 5.77. The number of nitrogens with zero attached hydrogens (tertiary/aromatic N) is 1. The Balaban J connectivity index is 1.76. The van der Waals surface area contributed by atoms with Gasteiger partial charge in [0.1, 0.15) is 11.8 Å². The van der Waals surface area contributed by atoms with E-state index in [0.717, 1.165) is 6.54 Å². The number of carbonyl (C=O) groups is 1. The molecule has 1 aliphatic carbocycles. The molecule has 1 aromatic carbocycles. The van der Waals surface area contributed by atoms with E-state index in [9.17, 15) is 4.79 Å². The van der Waals surface area contributed by atoms with Gasteiger partial charge in [0.2, 0.25) is 0 Å². The first kappa shape index (κ1) is 14.4. The van der Waals surface area contributed by atoms with Crippen molar-refractivity contribution in [3.8, 4) is 11.8 Å². The summed E-state index contributed by atoms with van der Waals surface area (Å²) in [6.45, 7) is 2.92. The van der Waals surface area contributed by atoms with Crippen LogP contribution in [0.4, 0.5) is 0 Å². The molecule has 1 amide bonds. The second kappa shape index (κ2) is 6.95. The number of rotatable bonds is 5. The summed E-state index contributed by atoms with van der Waals surface area (Å²) >= 11 is 0. The predicted molar refractivity (Wildman–Crippen MR) is 76.2 cm³/mol. The molecule has 0 aromatic heterocycles. The average Bonchev–Trinajstić information content (AvgIpc) is 2.88. The lowest BCUT2D eigenvalue weighted by molar-refractivity contribution is -0.123. The highest BCUT2D eigenvalue weighted by atomic mass is 16.5. The predicted octanol–water partition coefficient (Wildman–Crippen LogP) is 2.49. The highest BCUT2D eigenvalue weighted by Gasteiger charge is 2.23. The zero-order valence-corrected chi connectivity index (χ0v) is 11.8. The van der Waals surface area contributed by atoms with Gasteiger partial charge < -0.3 is 10.1 Å². The topological polar surface area (TPSA) is 62.1 Å². The molecule has 0 spiro atoms. The van der Waals surface area contributed by atoms with Gasteiger partial charge in [0.15, 0.2) is 6.61 Å². The Morgan fingerprint density at radius 1 is 1.45 bits per heavy atom. The fourth-order valence-corrected chi connectivity index (χ4v) is 2.65. The lowest BCUT2D eigenvalue weighted by Gasteiger charge is -2.16. The van der Waals surface area contributed by atoms with E-state index in [1.165, 1.54) is 19.3 Å². The summed E-state index contributed by atoms with van der Waals surface area (Å²) in [5, 5.41) is 11.8. The van der Waals surface area contributed by atoms with Gasteiger partial charge in [-0.1, -0.05) is 31.9 Å². The number of amides is 1. The Labute approximate surface area is 119 Å². The maximum Gasteiger partial charge on any atom is 0.257 e. The first-order valence-electron chi connectivity index (χ1n) is 7.09. The van der Waals surface area contributed by atoms with Crippen molar-refractivity contribution in [1.29, 1.82) is 5.26 Å². The van der Waals surface area contributed by atoms with E-state index in [-0.39, 0.29) is 12.5 Å². The van der Waals surface area contributed by atoms with Crippen LogP contribution in [-0.2, 0) is 4.79 Å². The first-order valence-corrected chi connectivity index (χ1v) is 7.09. The SMILES string of the molecule is CC1CCCC1CNC(=O)COc1ccccc1C#N. The monoisotopic (exact) mass is 272 g/mol. The number of nitriles is 1. The van der Waals surface area contributed by atoms with Crippen molar-refractivity contribution in [1.82, 2.24) is 5.32 Å². The largest absolute Gasteiger partial charge is 0.482 e. The molecule has 0 bridgehead atoms. The van der Waals surface area contributed by atoms with Gasteiger partial charge in [-0.15, -0.1) is 0 Å². The molecule has 2 unspecified atom stereocenters. The Morgan fingerprint density at radius 3 is 2.95 bits per heavy atom. The van der Waals surface area contributed by atoms with Crippen molar-refractivity contribution < 1.29 is 9.53 Å². The van der Waals surface area contributed by atoms with Crippen LogP contribution >= 0.6 is 0 Å². The third-order valence-electron chi connectivity index (χ3n) is 3.97. The van der Waals surface area contributed by atoms with Crippen LogP contribution in [0.1, 0.15) is 31.7 Å². The normalized spacial score (nSPS) is 21.2. The molecule has 4 heteroatoms. The molecule has 2 atom stereocenters. The minimum atomic E-state index is -0.128. The number of hydrogen-bond acceptors (Lipinski definition) is 3. The zero-order chi connectivity index (χ0) is 14.4. The fraction of sp³-hybridized carbons (Fsp3) is 0.500. The summed E-state index contributed by atoms with van der Waals surface area (Å²) in [7, 11) is 0. The van der Waals surface area contributed by atoms with Crippen LogP contribution in [0.25, 0.3) is 0 Å². The number of benzene rings is 1. The Morgan fingerprint density at radius 2 is 2.25 bits per heavy atom. The van der Waals surface area contributed by atoms with E-state index >= 15 is 0 Å². The minimum absolute atomic E-state index is 0.0419. The van der Waals surface area contributed by atoms with E-state index in [4.69, 9.17) is 10.00 Å². The van der Waals surface area contributed by atoms with Crippen LogP contribution < -0.4 is 10.1 Å². The molecule has 1 N–H and O–H groups in total. The van der Waals surface area contributed by atoms with E-state index in [0.29, 0.717) is 23.1 Å². The molecule has 20 heavy (non-hydrogen) atoms. The second-order valence-corrected chi connectivity index (χ2v) is 5.37. The fourth-order valence-electron chi connectivity index (χ4n) is 2.65. The van der Waals surface area contributed by atoms with Gasteiger partial charge in [-0.05, 0) is 30.4 Å².